The van der Waals surface area contributed by atoms with Crippen LogP contribution in [-0.4, -0.2) is 12.1 Å². The Balaban J connectivity index is 0.00000225. The average molecular weight is 243 g/mol. The van der Waals surface area contributed by atoms with Gasteiger partial charge in [0, 0.05) is 18.6 Å². The van der Waals surface area contributed by atoms with E-state index in [1.54, 1.807) is 0 Å². The van der Waals surface area contributed by atoms with Gasteiger partial charge >= 0.3 is 0 Å². The fraction of sp³-hybridized carbons (Fsp3) is 0.538. The molecule has 92 valence electrons. The molecule has 0 spiro atoms. The average Bonchev–Trinajstić information content (AvgIpc) is 2.16. The Morgan fingerprint density at radius 1 is 1.19 bits per heavy atom. The molecule has 0 saturated carbocycles. The van der Waals surface area contributed by atoms with Crippen LogP contribution in [0.1, 0.15) is 31.9 Å². The quantitative estimate of drug-likeness (QED) is 0.833. The Hall–Kier alpha value is -0.570. The molecule has 0 fully saturated rings. The minimum absolute atomic E-state index is 0. The molecule has 0 aliphatic heterocycles. The molecular formula is C13H23ClN2. The van der Waals surface area contributed by atoms with Gasteiger partial charge in [-0.2, -0.15) is 0 Å². The van der Waals surface area contributed by atoms with Crippen LogP contribution in [0, 0.1) is 0 Å². The third-order valence-corrected chi connectivity index (χ3v) is 2.40. The third kappa shape index (κ3) is 5.50. The van der Waals surface area contributed by atoms with Crippen LogP contribution in [-0.2, 0) is 13.0 Å². The second-order valence-electron chi connectivity index (χ2n) is 4.71. The summed E-state index contributed by atoms with van der Waals surface area (Å²) in [5.74, 6) is 0. The molecule has 0 atom stereocenters. The lowest BCUT2D eigenvalue weighted by atomic mass is 10.0. The van der Waals surface area contributed by atoms with Gasteiger partial charge in [0.05, 0.1) is 0 Å². The molecule has 3 N–H and O–H groups in total. The van der Waals surface area contributed by atoms with Crippen molar-refractivity contribution in [2.75, 3.05) is 6.54 Å². The van der Waals surface area contributed by atoms with Crippen molar-refractivity contribution < 1.29 is 0 Å². The lowest BCUT2D eigenvalue weighted by molar-refractivity contribution is 0.466. The molecule has 0 saturated heterocycles. The maximum atomic E-state index is 5.91. The monoisotopic (exact) mass is 242 g/mol. The van der Waals surface area contributed by atoms with Gasteiger partial charge < -0.3 is 11.1 Å². The Bertz CT molecular complexity index is 305. The molecule has 0 unspecified atom stereocenters. The largest absolute Gasteiger partial charge is 0.324 e. The van der Waals surface area contributed by atoms with E-state index in [4.69, 9.17) is 5.73 Å². The van der Waals surface area contributed by atoms with Crippen molar-refractivity contribution >= 4 is 12.4 Å². The predicted octanol–water partition coefficient (Wildman–Crippen LogP) is 2.50. The smallest absolute Gasteiger partial charge is 0.0223 e. The first-order valence-corrected chi connectivity index (χ1v) is 5.59. The minimum Gasteiger partial charge on any atom is -0.324 e. The standard InChI is InChI=1S/C13H22N2.ClH/c1-4-11-7-5-6-8-12(11)9-15-10-13(2,3)14;/h5-8,15H,4,9-10,14H2,1-3H3;1H. The number of aryl methyl sites for hydroxylation is 1. The Morgan fingerprint density at radius 3 is 2.25 bits per heavy atom. The first kappa shape index (κ1) is 15.4. The van der Waals surface area contributed by atoms with E-state index in [1.165, 1.54) is 11.1 Å². The van der Waals surface area contributed by atoms with Crippen LogP contribution in [0.15, 0.2) is 24.3 Å². The molecule has 0 bridgehead atoms. The summed E-state index contributed by atoms with van der Waals surface area (Å²) in [5.41, 5.74) is 8.57. The van der Waals surface area contributed by atoms with Gasteiger partial charge in [-0.3, -0.25) is 0 Å². The van der Waals surface area contributed by atoms with Crippen molar-refractivity contribution in [1.29, 1.82) is 0 Å². The van der Waals surface area contributed by atoms with E-state index in [2.05, 4.69) is 36.5 Å². The number of benzene rings is 1. The molecule has 0 aliphatic rings. The van der Waals surface area contributed by atoms with Crippen LogP contribution in [0.25, 0.3) is 0 Å². The second kappa shape index (κ2) is 6.89. The summed E-state index contributed by atoms with van der Waals surface area (Å²) in [4.78, 5) is 0. The number of nitrogens with two attached hydrogens (primary N) is 1. The van der Waals surface area contributed by atoms with Crippen LogP contribution in [0.2, 0.25) is 0 Å². The van der Waals surface area contributed by atoms with Gasteiger partial charge in [0.25, 0.3) is 0 Å². The maximum absolute atomic E-state index is 5.91. The number of hydrogen-bond donors (Lipinski definition) is 2. The van der Waals surface area contributed by atoms with Crippen LogP contribution in [0.5, 0.6) is 0 Å². The van der Waals surface area contributed by atoms with Crippen molar-refractivity contribution in [2.45, 2.75) is 39.3 Å². The number of halogens is 1. The molecule has 1 aromatic carbocycles. The van der Waals surface area contributed by atoms with Crippen LogP contribution in [0.4, 0.5) is 0 Å². The summed E-state index contributed by atoms with van der Waals surface area (Å²) in [7, 11) is 0. The SMILES string of the molecule is CCc1ccccc1CNCC(C)(C)N.Cl. The van der Waals surface area contributed by atoms with Crippen molar-refractivity contribution in [3.8, 4) is 0 Å². The summed E-state index contributed by atoms with van der Waals surface area (Å²) in [5, 5.41) is 3.39. The number of rotatable bonds is 5. The summed E-state index contributed by atoms with van der Waals surface area (Å²) in [6.45, 7) is 8.00. The zero-order chi connectivity index (χ0) is 11.3. The van der Waals surface area contributed by atoms with Crippen molar-refractivity contribution in [3.63, 3.8) is 0 Å². The summed E-state index contributed by atoms with van der Waals surface area (Å²) in [6, 6.07) is 8.54. The molecule has 3 heteroatoms. The van der Waals surface area contributed by atoms with E-state index in [9.17, 15) is 0 Å². The second-order valence-corrected chi connectivity index (χ2v) is 4.71. The molecule has 0 radical (unpaired) electrons. The van der Waals surface area contributed by atoms with Crippen LogP contribution < -0.4 is 11.1 Å². The fourth-order valence-electron chi connectivity index (χ4n) is 1.59. The van der Waals surface area contributed by atoms with E-state index in [0.29, 0.717) is 0 Å². The van der Waals surface area contributed by atoms with E-state index < -0.39 is 0 Å². The van der Waals surface area contributed by atoms with Crippen molar-refractivity contribution in [2.24, 2.45) is 5.73 Å². The third-order valence-electron chi connectivity index (χ3n) is 2.40. The topological polar surface area (TPSA) is 38.0 Å². The minimum atomic E-state index is -0.138. The van der Waals surface area contributed by atoms with Crippen LogP contribution >= 0.6 is 12.4 Å². The highest BCUT2D eigenvalue weighted by Gasteiger charge is 2.09. The number of hydrogen-bond acceptors (Lipinski definition) is 2. The van der Waals surface area contributed by atoms with Gasteiger partial charge in [-0.05, 0) is 31.4 Å². The highest BCUT2D eigenvalue weighted by atomic mass is 35.5. The van der Waals surface area contributed by atoms with Gasteiger partial charge in [-0.15, -0.1) is 12.4 Å². The van der Waals surface area contributed by atoms with Gasteiger partial charge in [0.1, 0.15) is 0 Å². The first-order chi connectivity index (χ1) is 7.03. The lowest BCUT2D eigenvalue weighted by Crippen LogP contribution is -2.42. The first-order valence-electron chi connectivity index (χ1n) is 5.59. The fourth-order valence-corrected chi connectivity index (χ4v) is 1.59. The lowest BCUT2D eigenvalue weighted by Gasteiger charge is -2.19. The number of nitrogens with one attached hydrogen (secondary N) is 1. The Morgan fingerprint density at radius 2 is 1.75 bits per heavy atom. The zero-order valence-electron chi connectivity index (χ0n) is 10.4. The molecule has 0 amide bonds. The highest BCUT2D eigenvalue weighted by Crippen LogP contribution is 2.09. The van der Waals surface area contributed by atoms with E-state index in [-0.39, 0.29) is 17.9 Å². The maximum Gasteiger partial charge on any atom is 0.0223 e. The summed E-state index contributed by atoms with van der Waals surface area (Å²) < 4.78 is 0. The molecular weight excluding hydrogens is 220 g/mol. The van der Waals surface area contributed by atoms with E-state index >= 15 is 0 Å². The van der Waals surface area contributed by atoms with Gasteiger partial charge in [0.2, 0.25) is 0 Å². The Kier molecular flexibility index (Phi) is 6.65. The highest BCUT2D eigenvalue weighted by molar-refractivity contribution is 5.85. The molecule has 16 heavy (non-hydrogen) atoms. The van der Waals surface area contributed by atoms with Gasteiger partial charge in [-0.25, -0.2) is 0 Å². The van der Waals surface area contributed by atoms with E-state index in [1.807, 2.05) is 13.8 Å². The molecule has 1 aromatic rings. The molecule has 1 rings (SSSR count). The summed E-state index contributed by atoms with van der Waals surface area (Å²) >= 11 is 0. The molecule has 0 aromatic heterocycles. The van der Waals surface area contributed by atoms with Crippen molar-refractivity contribution in [3.05, 3.63) is 35.4 Å². The molecule has 0 heterocycles. The zero-order valence-corrected chi connectivity index (χ0v) is 11.2. The Labute approximate surface area is 105 Å². The molecule has 0 aliphatic carbocycles. The predicted molar refractivity (Wildman–Crippen MR) is 73.0 cm³/mol. The van der Waals surface area contributed by atoms with Gasteiger partial charge in [0.15, 0.2) is 0 Å². The van der Waals surface area contributed by atoms with Crippen molar-refractivity contribution in [1.82, 2.24) is 5.32 Å². The van der Waals surface area contributed by atoms with Crippen LogP contribution in [0.3, 0.4) is 0 Å². The normalized spacial score (nSPS) is 11.0. The summed E-state index contributed by atoms with van der Waals surface area (Å²) in [6.07, 6.45) is 1.09. The van der Waals surface area contributed by atoms with E-state index in [0.717, 1.165) is 19.5 Å². The molecule has 2 nitrogen and oxygen atoms in total. The van der Waals surface area contributed by atoms with Gasteiger partial charge in [-0.1, -0.05) is 31.2 Å².